The number of amides is 1. The van der Waals surface area contributed by atoms with Crippen molar-refractivity contribution in [2.24, 2.45) is 5.92 Å². The topological polar surface area (TPSA) is 74.7 Å². The first-order valence-electron chi connectivity index (χ1n) is 6.41. The zero-order valence-electron chi connectivity index (χ0n) is 10.4. The van der Waals surface area contributed by atoms with E-state index in [-0.39, 0.29) is 18.5 Å². The molecule has 2 atom stereocenters. The Morgan fingerprint density at radius 1 is 1.16 bits per heavy atom. The Labute approximate surface area is 110 Å². The molecule has 1 saturated carbocycles. The zero-order valence-corrected chi connectivity index (χ0v) is 11.2. The lowest BCUT2D eigenvalue weighted by Crippen LogP contribution is -2.56. The fraction of sp³-hybridized carbons (Fsp3) is 0.909. The fourth-order valence-corrected chi connectivity index (χ4v) is 3.49. The number of carbonyl (C=O) groups excluding carboxylic acids is 1. The molecule has 1 amide bonds. The summed E-state index contributed by atoms with van der Waals surface area (Å²) in [4.78, 5) is 12.7. The van der Waals surface area contributed by atoms with Crippen molar-refractivity contribution in [2.45, 2.75) is 49.8 Å². The van der Waals surface area contributed by atoms with E-state index in [0.717, 1.165) is 30.6 Å². The lowest BCUT2D eigenvalue weighted by atomic mass is 9.78. The normalized spacial score (nSPS) is 28.9. The summed E-state index contributed by atoms with van der Waals surface area (Å²) in [7, 11) is -5.71. The van der Waals surface area contributed by atoms with E-state index < -0.39 is 21.3 Å². The number of carbonyl (C=O) groups is 1. The SMILES string of the molecule is O=C(N1CCCC2CCCCC21)C(F)(F)S(=O)(=O)O. The Morgan fingerprint density at radius 2 is 1.74 bits per heavy atom. The molecule has 19 heavy (non-hydrogen) atoms. The minimum atomic E-state index is -5.71. The van der Waals surface area contributed by atoms with Crippen LogP contribution in [0, 0.1) is 5.92 Å². The van der Waals surface area contributed by atoms with E-state index >= 15 is 0 Å². The monoisotopic (exact) mass is 297 g/mol. The molecule has 0 spiro atoms. The predicted octanol–water partition coefficient (Wildman–Crippen LogP) is 1.65. The molecule has 0 aromatic rings. The van der Waals surface area contributed by atoms with E-state index in [4.69, 9.17) is 4.55 Å². The lowest BCUT2D eigenvalue weighted by Gasteiger charge is -2.44. The average molecular weight is 297 g/mol. The van der Waals surface area contributed by atoms with Gasteiger partial charge in [-0.25, -0.2) is 0 Å². The van der Waals surface area contributed by atoms with Gasteiger partial charge in [-0.05, 0) is 31.6 Å². The largest absolute Gasteiger partial charge is 0.446 e. The van der Waals surface area contributed by atoms with Crippen LogP contribution in [-0.2, 0) is 14.9 Å². The van der Waals surface area contributed by atoms with Crippen LogP contribution in [-0.4, -0.2) is 41.6 Å². The Bertz CT molecular complexity index is 463. The molecule has 110 valence electrons. The van der Waals surface area contributed by atoms with Gasteiger partial charge in [0.05, 0.1) is 0 Å². The second kappa shape index (κ2) is 4.97. The van der Waals surface area contributed by atoms with Crippen LogP contribution in [0.1, 0.15) is 38.5 Å². The number of hydrogen-bond acceptors (Lipinski definition) is 3. The molecule has 1 N–H and O–H groups in total. The maximum atomic E-state index is 13.4. The van der Waals surface area contributed by atoms with Gasteiger partial charge in [0.25, 0.3) is 0 Å². The lowest BCUT2D eigenvalue weighted by molar-refractivity contribution is -0.154. The molecule has 0 radical (unpaired) electrons. The van der Waals surface area contributed by atoms with Crippen LogP contribution in [0.15, 0.2) is 0 Å². The number of alkyl halides is 2. The Hall–Kier alpha value is -0.760. The van der Waals surface area contributed by atoms with E-state index in [0.29, 0.717) is 12.8 Å². The van der Waals surface area contributed by atoms with E-state index in [1.165, 1.54) is 0 Å². The Kier molecular flexibility index (Phi) is 3.83. The van der Waals surface area contributed by atoms with Crippen LogP contribution < -0.4 is 0 Å². The second-order valence-electron chi connectivity index (χ2n) is 5.24. The molecule has 1 aliphatic carbocycles. The van der Waals surface area contributed by atoms with Gasteiger partial charge >= 0.3 is 21.3 Å². The smallest absolute Gasteiger partial charge is 0.333 e. The summed E-state index contributed by atoms with van der Waals surface area (Å²) in [6.07, 6.45) is 4.84. The van der Waals surface area contributed by atoms with Crippen molar-refractivity contribution in [3.8, 4) is 0 Å². The first-order valence-corrected chi connectivity index (χ1v) is 7.85. The summed E-state index contributed by atoms with van der Waals surface area (Å²) < 4.78 is 56.7. The summed E-state index contributed by atoms with van der Waals surface area (Å²) in [6.45, 7) is 0.130. The van der Waals surface area contributed by atoms with Gasteiger partial charge < -0.3 is 4.90 Å². The first kappa shape index (κ1) is 14.6. The molecule has 2 aliphatic rings. The van der Waals surface area contributed by atoms with Gasteiger partial charge in [-0.1, -0.05) is 12.8 Å². The maximum Gasteiger partial charge on any atom is 0.446 e. The number of nitrogens with zero attached hydrogens (tertiary/aromatic N) is 1. The van der Waals surface area contributed by atoms with E-state index in [1.54, 1.807) is 0 Å². The van der Waals surface area contributed by atoms with E-state index in [1.807, 2.05) is 0 Å². The molecule has 0 aromatic heterocycles. The van der Waals surface area contributed by atoms with Crippen molar-refractivity contribution in [3.05, 3.63) is 0 Å². The molecule has 5 nitrogen and oxygen atoms in total. The van der Waals surface area contributed by atoms with Crippen LogP contribution in [0.5, 0.6) is 0 Å². The molecule has 1 aliphatic heterocycles. The second-order valence-corrected chi connectivity index (χ2v) is 6.71. The van der Waals surface area contributed by atoms with Crippen LogP contribution in [0.25, 0.3) is 0 Å². The van der Waals surface area contributed by atoms with Crippen molar-refractivity contribution in [3.63, 3.8) is 0 Å². The number of fused-ring (bicyclic) bond motifs is 1. The molecule has 8 heteroatoms. The number of piperidine rings is 1. The number of halogens is 2. The van der Waals surface area contributed by atoms with Crippen molar-refractivity contribution in [1.29, 1.82) is 0 Å². The average Bonchev–Trinajstić information content (AvgIpc) is 2.36. The molecule has 2 rings (SSSR count). The summed E-state index contributed by atoms with van der Waals surface area (Å²) in [6, 6.07) is -0.317. The molecular formula is C11H17F2NO4S. The van der Waals surface area contributed by atoms with Gasteiger partial charge in [0.2, 0.25) is 0 Å². The highest BCUT2D eigenvalue weighted by Gasteiger charge is 2.56. The van der Waals surface area contributed by atoms with E-state index in [9.17, 15) is 22.0 Å². The van der Waals surface area contributed by atoms with Crippen LogP contribution in [0.3, 0.4) is 0 Å². The van der Waals surface area contributed by atoms with Crippen molar-refractivity contribution < 1.29 is 26.5 Å². The molecule has 2 fully saturated rings. The number of likely N-dealkylation sites (tertiary alicyclic amines) is 1. The maximum absolute atomic E-state index is 13.4. The van der Waals surface area contributed by atoms with Gasteiger partial charge in [0.1, 0.15) is 0 Å². The Balaban J connectivity index is 2.22. The summed E-state index contributed by atoms with van der Waals surface area (Å²) in [5.74, 6) is -1.62. The number of hydrogen-bond donors (Lipinski definition) is 1. The fourth-order valence-electron chi connectivity index (χ4n) is 3.15. The molecule has 2 unspecified atom stereocenters. The van der Waals surface area contributed by atoms with Crippen LogP contribution in [0.2, 0.25) is 0 Å². The summed E-state index contributed by atoms with van der Waals surface area (Å²) in [5.41, 5.74) is 0. The molecular weight excluding hydrogens is 280 g/mol. The molecule has 1 heterocycles. The zero-order chi connectivity index (χ0) is 14.3. The van der Waals surface area contributed by atoms with Crippen molar-refractivity contribution in [2.75, 3.05) is 6.54 Å². The third-order valence-electron chi connectivity index (χ3n) is 4.08. The van der Waals surface area contributed by atoms with Gasteiger partial charge in [0.15, 0.2) is 0 Å². The summed E-state index contributed by atoms with van der Waals surface area (Å²) >= 11 is 0. The predicted molar refractivity (Wildman–Crippen MR) is 63.2 cm³/mol. The van der Waals surface area contributed by atoms with Crippen LogP contribution >= 0.6 is 0 Å². The Morgan fingerprint density at radius 3 is 2.37 bits per heavy atom. The standard InChI is InChI=1S/C11H17F2NO4S/c12-11(13,19(16,17)18)10(15)14-7-3-5-8-4-1-2-6-9(8)14/h8-9H,1-7H2,(H,16,17,18). The summed E-state index contributed by atoms with van der Waals surface area (Å²) in [5, 5.41) is -4.74. The van der Waals surface area contributed by atoms with Crippen LogP contribution in [0.4, 0.5) is 8.78 Å². The minimum Gasteiger partial charge on any atom is -0.333 e. The first-order chi connectivity index (χ1) is 8.75. The highest BCUT2D eigenvalue weighted by Crippen LogP contribution is 2.37. The third kappa shape index (κ3) is 2.60. The van der Waals surface area contributed by atoms with Gasteiger partial charge in [0, 0.05) is 12.6 Å². The van der Waals surface area contributed by atoms with Crippen molar-refractivity contribution in [1.82, 2.24) is 4.90 Å². The van der Waals surface area contributed by atoms with Crippen molar-refractivity contribution >= 4 is 16.0 Å². The molecule has 0 aromatic carbocycles. The molecule has 0 bridgehead atoms. The van der Waals surface area contributed by atoms with Gasteiger partial charge in [-0.2, -0.15) is 17.2 Å². The number of rotatable bonds is 2. The highest BCUT2D eigenvalue weighted by atomic mass is 32.2. The van der Waals surface area contributed by atoms with E-state index in [2.05, 4.69) is 0 Å². The minimum absolute atomic E-state index is 0.130. The van der Waals surface area contributed by atoms with Gasteiger partial charge in [-0.15, -0.1) is 0 Å². The highest BCUT2D eigenvalue weighted by molar-refractivity contribution is 7.87. The van der Waals surface area contributed by atoms with Gasteiger partial charge in [-0.3, -0.25) is 9.35 Å². The third-order valence-corrected chi connectivity index (χ3v) is 4.90. The molecule has 1 saturated heterocycles. The quantitative estimate of drug-likeness (QED) is 0.786.